The van der Waals surface area contributed by atoms with Gasteiger partial charge in [-0.2, -0.15) is 0 Å². The van der Waals surface area contributed by atoms with Gasteiger partial charge in [-0.15, -0.1) is 0 Å². The lowest BCUT2D eigenvalue weighted by Crippen LogP contribution is -2.38. The van der Waals surface area contributed by atoms with E-state index < -0.39 is 0 Å². The van der Waals surface area contributed by atoms with Crippen LogP contribution in [-0.2, 0) is 5.54 Å². The lowest BCUT2D eigenvalue weighted by molar-refractivity contribution is 0.247. The van der Waals surface area contributed by atoms with Crippen molar-refractivity contribution >= 4 is 17.4 Å². The summed E-state index contributed by atoms with van der Waals surface area (Å²) in [6, 6.07) is 11.0. The second kappa shape index (κ2) is 4.85. The number of aromatic nitrogens is 1. The molecule has 0 spiro atoms. The molecule has 0 saturated heterocycles. The minimum Gasteiger partial charge on any atom is -0.398 e. The van der Waals surface area contributed by atoms with E-state index in [2.05, 4.69) is 15.6 Å². The van der Waals surface area contributed by atoms with Crippen LogP contribution < -0.4 is 16.4 Å². The van der Waals surface area contributed by atoms with Gasteiger partial charge in [-0.05, 0) is 31.0 Å². The highest BCUT2D eigenvalue weighted by Crippen LogP contribution is 2.47. The van der Waals surface area contributed by atoms with E-state index >= 15 is 0 Å². The first-order valence-corrected chi connectivity index (χ1v) is 6.54. The molecule has 2 amide bonds. The molecular formula is C15H16N4O. The smallest absolute Gasteiger partial charge is 0.319 e. The Morgan fingerprint density at radius 3 is 2.65 bits per heavy atom. The van der Waals surface area contributed by atoms with Crippen molar-refractivity contribution in [1.29, 1.82) is 0 Å². The van der Waals surface area contributed by atoms with Crippen LogP contribution in [0.5, 0.6) is 0 Å². The molecule has 2 aromatic rings. The molecule has 5 nitrogen and oxygen atoms in total. The van der Waals surface area contributed by atoms with Gasteiger partial charge in [-0.25, -0.2) is 4.79 Å². The summed E-state index contributed by atoms with van der Waals surface area (Å²) in [5, 5.41) is 5.79. The molecule has 1 aliphatic rings. The molecule has 0 aliphatic heterocycles. The van der Waals surface area contributed by atoms with Gasteiger partial charge in [0.25, 0.3) is 0 Å². The van der Waals surface area contributed by atoms with E-state index in [9.17, 15) is 4.79 Å². The maximum atomic E-state index is 12.1. The summed E-state index contributed by atoms with van der Waals surface area (Å²) in [7, 11) is 0. The molecule has 4 N–H and O–H groups in total. The van der Waals surface area contributed by atoms with Crippen molar-refractivity contribution in [1.82, 2.24) is 10.3 Å². The van der Waals surface area contributed by atoms with Crippen molar-refractivity contribution in [3.63, 3.8) is 0 Å². The lowest BCUT2D eigenvalue weighted by atomic mass is 10.0. The highest BCUT2D eigenvalue weighted by Gasteiger charge is 2.46. The third-order valence-electron chi connectivity index (χ3n) is 3.50. The zero-order chi connectivity index (χ0) is 14.0. The summed E-state index contributed by atoms with van der Waals surface area (Å²) >= 11 is 0. The third-order valence-corrected chi connectivity index (χ3v) is 3.50. The predicted octanol–water partition coefficient (Wildman–Crippen LogP) is 2.47. The summed E-state index contributed by atoms with van der Waals surface area (Å²) in [6.07, 6.45) is 5.08. The maximum absolute atomic E-state index is 12.1. The van der Waals surface area contributed by atoms with E-state index in [1.54, 1.807) is 24.5 Å². The predicted molar refractivity (Wildman–Crippen MR) is 78.2 cm³/mol. The van der Waals surface area contributed by atoms with Crippen molar-refractivity contribution in [2.45, 2.75) is 18.4 Å². The molecule has 0 bridgehead atoms. The van der Waals surface area contributed by atoms with E-state index in [1.807, 2.05) is 24.3 Å². The van der Waals surface area contributed by atoms with Crippen molar-refractivity contribution in [3.8, 4) is 0 Å². The Morgan fingerprint density at radius 2 is 2.00 bits per heavy atom. The average Bonchev–Trinajstić information content (AvgIpc) is 3.20. The first-order chi connectivity index (χ1) is 9.70. The highest BCUT2D eigenvalue weighted by molar-refractivity contribution is 5.90. The zero-order valence-corrected chi connectivity index (χ0v) is 11.0. The van der Waals surface area contributed by atoms with Crippen LogP contribution >= 0.6 is 0 Å². The number of carbonyl (C=O) groups is 1. The Kier molecular flexibility index (Phi) is 3.02. The third kappa shape index (κ3) is 2.42. The van der Waals surface area contributed by atoms with Gasteiger partial charge in [-0.3, -0.25) is 4.98 Å². The molecule has 0 unspecified atom stereocenters. The summed E-state index contributed by atoms with van der Waals surface area (Å²) < 4.78 is 0. The minimum atomic E-state index is -0.322. The Labute approximate surface area is 117 Å². The van der Waals surface area contributed by atoms with E-state index in [0.717, 1.165) is 18.4 Å². The van der Waals surface area contributed by atoms with E-state index in [4.69, 9.17) is 5.73 Å². The Hall–Kier alpha value is -2.56. The maximum Gasteiger partial charge on any atom is 0.319 e. The van der Waals surface area contributed by atoms with Crippen molar-refractivity contribution in [2.24, 2.45) is 0 Å². The fourth-order valence-electron chi connectivity index (χ4n) is 2.34. The molecule has 20 heavy (non-hydrogen) atoms. The number of urea groups is 1. The minimum absolute atomic E-state index is 0.237. The summed E-state index contributed by atoms with van der Waals surface area (Å²) in [5.41, 5.74) is 8.04. The average molecular weight is 268 g/mol. The van der Waals surface area contributed by atoms with Gasteiger partial charge in [0.05, 0.1) is 17.4 Å². The number of para-hydroxylation sites is 1. The largest absolute Gasteiger partial charge is 0.398 e. The summed E-state index contributed by atoms with van der Waals surface area (Å²) in [6.45, 7) is 0. The number of carbonyl (C=O) groups excluding carboxylic acids is 1. The van der Waals surface area contributed by atoms with E-state index in [0.29, 0.717) is 11.4 Å². The number of nitrogen functional groups attached to an aromatic ring is 1. The number of amides is 2. The normalized spacial score (nSPS) is 15.4. The van der Waals surface area contributed by atoms with Crippen LogP contribution in [0.25, 0.3) is 0 Å². The van der Waals surface area contributed by atoms with E-state index in [1.165, 1.54) is 0 Å². The number of pyridine rings is 1. The van der Waals surface area contributed by atoms with Crippen LogP contribution in [0.1, 0.15) is 18.4 Å². The molecule has 1 heterocycles. The Bertz CT molecular complexity index is 623. The molecule has 0 radical (unpaired) electrons. The molecular weight excluding hydrogens is 252 g/mol. The highest BCUT2D eigenvalue weighted by atomic mass is 16.2. The SMILES string of the molecule is Nc1ccccc1C1(NC(=O)Nc2cccnc2)CC1. The lowest BCUT2D eigenvalue weighted by Gasteiger charge is -2.20. The number of rotatable bonds is 3. The molecule has 102 valence electrons. The monoisotopic (exact) mass is 268 g/mol. The van der Waals surface area contributed by atoms with Gasteiger partial charge in [0, 0.05) is 17.4 Å². The van der Waals surface area contributed by atoms with Gasteiger partial charge >= 0.3 is 6.03 Å². The van der Waals surface area contributed by atoms with Crippen LogP contribution in [0.15, 0.2) is 48.8 Å². The number of anilines is 2. The molecule has 1 aliphatic carbocycles. The number of nitrogens with one attached hydrogen (secondary N) is 2. The molecule has 5 heteroatoms. The molecule has 1 aromatic heterocycles. The first kappa shape index (κ1) is 12.5. The van der Waals surface area contributed by atoms with Crippen molar-refractivity contribution in [3.05, 3.63) is 54.4 Å². The number of nitrogens with two attached hydrogens (primary N) is 1. The fourth-order valence-corrected chi connectivity index (χ4v) is 2.34. The van der Waals surface area contributed by atoms with Crippen LogP contribution in [0.4, 0.5) is 16.2 Å². The Balaban J connectivity index is 1.72. The van der Waals surface area contributed by atoms with Gasteiger partial charge < -0.3 is 16.4 Å². The standard InChI is InChI=1S/C15H16N4O/c16-13-6-2-1-5-12(13)15(7-8-15)19-14(20)18-11-4-3-9-17-10-11/h1-6,9-10H,7-8,16H2,(H2,18,19,20). The first-order valence-electron chi connectivity index (χ1n) is 6.54. The van der Waals surface area contributed by atoms with Gasteiger partial charge in [0.15, 0.2) is 0 Å². The molecule has 3 rings (SSSR count). The molecule has 0 atom stereocenters. The van der Waals surface area contributed by atoms with Crippen LogP contribution in [0.3, 0.4) is 0 Å². The fraction of sp³-hybridized carbons (Fsp3) is 0.200. The molecule has 1 fully saturated rings. The number of hydrogen-bond donors (Lipinski definition) is 3. The van der Waals surface area contributed by atoms with Crippen LogP contribution in [-0.4, -0.2) is 11.0 Å². The zero-order valence-electron chi connectivity index (χ0n) is 11.0. The second-order valence-electron chi connectivity index (χ2n) is 4.99. The quantitative estimate of drug-likeness (QED) is 0.748. The Morgan fingerprint density at radius 1 is 1.20 bits per heavy atom. The van der Waals surface area contributed by atoms with Crippen LogP contribution in [0.2, 0.25) is 0 Å². The van der Waals surface area contributed by atoms with Crippen LogP contribution in [0, 0.1) is 0 Å². The number of nitrogens with zero attached hydrogens (tertiary/aromatic N) is 1. The van der Waals surface area contributed by atoms with Gasteiger partial charge in [0.1, 0.15) is 0 Å². The summed E-state index contributed by atoms with van der Waals surface area (Å²) in [5.74, 6) is 0. The topological polar surface area (TPSA) is 80.0 Å². The summed E-state index contributed by atoms with van der Waals surface area (Å²) in [4.78, 5) is 16.0. The number of benzene rings is 1. The van der Waals surface area contributed by atoms with Gasteiger partial charge in [-0.1, -0.05) is 18.2 Å². The molecule has 1 saturated carbocycles. The van der Waals surface area contributed by atoms with Gasteiger partial charge in [0.2, 0.25) is 0 Å². The van der Waals surface area contributed by atoms with Crippen molar-refractivity contribution < 1.29 is 4.79 Å². The molecule has 1 aromatic carbocycles. The number of hydrogen-bond acceptors (Lipinski definition) is 3. The van der Waals surface area contributed by atoms with Crippen molar-refractivity contribution in [2.75, 3.05) is 11.1 Å². The second-order valence-corrected chi connectivity index (χ2v) is 4.99. The van der Waals surface area contributed by atoms with E-state index in [-0.39, 0.29) is 11.6 Å².